The van der Waals surface area contributed by atoms with E-state index in [4.69, 9.17) is 26.2 Å². The Morgan fingerprint density at radius 3 is 2.68 bits per heavy atom. The van der Waals surface area contributed by atoms with Gasteiger partial charge in [-0.1, -0.05) is 18.5 Å². The Hall–Kier alpha value is -1.46. The van der Waals surface area contributed by atoms with Gasteiger partial charge in [0.25, 0.3) is 0 Å². The lowest BCUT2D eigenvalue weighted by Crippen LogP contribution is -2.27. The smallest absolute Gasteiger partial charge is 0.344 e. The molecule has 0 aliphatic rings. The molecular formula is C13H18ClNO4. The highest BCUT2D eigenvalue weighted by molar-refractivity contribution is 6.30. The van der Waals surface area contributed by atoms with Gasteiger partial charge in [0.2, 0.25) is 0 Å². The second-order valence-corrected chi connectivity index (χ2v) is 4.42. The molecule has 0 spiro atoms. The van der Waals surface area contributed by atoms with Crippen LogP contribution in [0.1, 0.15) is 18.9 Å². The van der Waals surface area contributed by atoms with Crippen LogP contribution in [0.25, 0.3) is 0 Å². The molecule has 0 aliphatic carbocycles. The molecule has 0 aliphatic heterocycles. The van der Waals surface area contributed by atoms with Crippen molar-refractivity contribution in [1.82, 2.24) is 5.32 Å². The molecule has 2 N–H and O–H groups in total. The van der Waals surface area contributed by atoms with Crippen LogP contribution < -0.4 is 14.8 Å². The Morgan fingerprint density at radius 2 is 2.21 bits per heavy atom. The number of carboxylic acids is 1. The maximum atomic E-state index is 11.1. The third-order valence-corrected chi connectivity index (χ3v) is 2.81. The molecule has 19 heavy (non-hydrogen) atoms. The van der Waals surface area contributed by atoms with Crippen molar-refractivity contribution in [1.29, 1.82) is 0 Å². The van der Waals surface area contributed by atoms with Crippen molar-refractivity contribution in [2.24, 2.45) is 0 Å². The summed E-state index contributed by atoms with van der Waals surface area (Å²) in [6.45, 7) is 2.25. The first-order valence-electron chi connectivity index (χ1n) is 5.93. The normalized spacial score (nSPS) is 12.0. The van der Waals surface area contributed by atoms with Crippen LogP contribution in [0.2, 0.25) is 5.02 Å². The van der Waals surface area contributed by atoms with Gasteiger partial charge in [0.05, 0.1) is 7.11 Å². The van der Waals surface area contributed by atoms with Gasteiger partial charge in [-0.25, -0.2) is 4.79 Å². The number of methoxy groups -OCH3 is 1. The van der Waals surface area contributed by atoms with E-state index in [-0.39, 0.29) is 0 Å². The minimum atomic E-state index is -1.00. The van der Waals surface area contributed by atoms with Gasteiger partial charge in [0.1, 0.15) is 0 Å². The van der Waals surface area contributed by atoms with Crippen LogP contribution in [0.5, 0.6) is 11.5 Å². The predicted molar refractivity (Wildman–Crippen MR) is 73.1 cm³/mol. The van der Waals surface area contributed by atoms with Crippen molar-refractivity contribution in [2.75, 3.05) is 14.2 Å². The molecule has 0 bridgehead atoms. The maximum absolute atomic E-state index is 11.1. The van der Waals surface area contributed by atoms with Gasteiger partial charge in [0, 0.05) is 23.2 Å². The van der Waals surface area contributed by atoms with Crippen molar-refractivity contribution < 1.29 is 19.4 Å². The maximum Gasteiger partial charge on any atom is 0.344 e. The van der Waals surface area contributed by atoms with Gasteiger partial charge >= 0.3 is 5.97 Å². The van der Waals surface area contributed by atoms with E-state index in [0.717, 1.165) is 5.56 Å². The van der Waals surface area contributed by atoms with Gasteiger partial charge in [-0.2, -0.15) is 0 Å². The summed E-state index contributed by atoms with van der Waals surface area (Å²) in [6.07, 6.45) is -0.550. The average molecular weight is 288 g/mol. The number of hydrogen-bond acceptors (Lipinski definition) is 4. The van der Waals surface area contributed by atoms with Crippen molar-refractivity contribution in [3.63, 3.8) is 0 Å². The van der Waals surface area contributed by atoms with Gasteiger partial charge < -0.3 is 19.9 Å². The summed E-state index contributed by atoms with van der Waals surface area (Å²) in [5.74, 6) is -0.164. The van der Waals surface area contributed by atoms with E-state index in [9.17, 15) is 4.79 Å². The fourth-order valence-corrected chi connectivity index (χ4v) is 1.91. The molecule has 1 aromatic carbocycles. The van der Waals surface area contributed by atoms with Crippen LogP contribution in [-0.4, -0.2) is 31.3 Å². The molecule has 0 aromatic heterocycles. The number of aliphatic carboxylic acids is 1. The minimum Gasteiger partial charge on any atom is -0.493 e. The van der Waals surface area contributed by atoms with E-state index < -0.39 is 12.1 Å². The fraction of sp³-hybridized carbons (Fsp3) is 0.462. The lowest BCUT2D eigenvalue weighted by molar-refractivity contribution is -0.145. The predicted octanol–water partition coefficient (Wildman–Crippen LogP) is 2.31. The Labute approximate surface area is 117 Å². The fourth-order valence-electron chi connectivity index (χ4n) is 1.68. The van der Waals surface area contributed by atoms with E-state index in [1.54, 1.807) is 26.1 Å². The number of ether oxygens (including phenoxy) is 2. The molecule has 0 fully saturated rings. The van der Waals surface area contributed by atoms with E-state index in [1.807, 2.05) is 0 Å². The summed E-state index contributed by atoms with van der Waals surface area (Å²) in [7, 11) is 3.27. The SMILES string of the molecule is CCC(Oc1c(CNC)cc(Cl)cc1OC)C(=O)O. The molecule has 0 radical (unpaired) electrons. The van der Waals surface area contributed by atoms with Crippen molar-refractivity contribution in [3.05, 3.63) is 22.7 Å². The largest absolute Gasteiger partial charge is 0.493 e. The number of nitrogens with one attached hydrogen (secondary N) is 1. The summed E-state index contributed by atoms with van der Waals surface area (Å²) < 4.78 is 10.8. The van der Waals surface area contributed by atoms with Crippen LogP contribution in [0.4, 0.5) is 0 Å². The molecule has 1 atom stereocenters. The molecule has 0 saturated carbocycles. The van der Waals surface area contributed by atoms with Crippen LogP contribution in [-0.2, 0) is 11.3 Å². The average Bonchev–Trinajstić information content (AvgIpc) is 2.37. The Morgan fingerprint density at radius 1 is 1.53 bits per heavy atom. The highest BCUT2D eigenvalue weighted by Gasteiger charge is 2.21. The first-order valence-corrected chi connectivity index (χ1v) is 6.31. The Bertz CT molecular complexity index is 451. The second kappa shape index (κ2) is 7.21. The molecular weight excluding hydrogens is 270 g/mol. The molecule has 0 saturated heterocycles. The highest BCUT2D eigenvalue weighted by atomic mass is 35.5. The van der Waals surface area contributed by atoms with Crippen LogP contribution in [0, 0.1) is 0 Å². The molecule has 1 rings (SSSR count). The topological polar surface area (TPSA) is 67.8 Å². The zero-order chi connectivity index (χ0) is 14.4. The summed E-state index contributed by atoms with van der Waals surface area (Å²) >= 11 is 5.99. The van der Waals surface area contributed by atoms with Gasteiger partial charge in [-0.3, -0.25) is 0 Å². The zero-order valence-electron chi connectivity index (χ0n) is 11.2. The Balaban J connectivity index is 3.17. The highest BCUT2D eigenvalue weighted by Crippen LogP contribution is 2.35. The van der Waals surface area contributed by atoms with Gasteiger partial charge in [-0.15, -0.1) is 0 Å². The molecule has 0 heterocycles. The van der Waals surface area contributed by atoms with Crippen LogP contribution in [0.3, 0.4) is 0 Å². The van der Waals surface area contributed by atoms with E-state index in [2.05, 4.69) is 5.32 Å². The summed E-state index contributed by atoms with van der Waals surface area (Å²) in [6, 6.07) is 3.33. The first kappa shape index (κ1) is 15.6. The summed E-state index contributed by atoms with van der Waals surface area (Å²) in [4.78, 5) is 11.1. The lowest BCUT2D eigenvalue weighted by Gasteiger charge is -2.19. The summed E-state index contributed by atoms with van der Waals surface area (Å²) in [5.41, 5.74) is 0.756. The zero-order valence-corrected chi connectivity index (χ0v) is 12.0. The summed E-state index contributed by atoms with van der Waals surface area (Å²) in [5, 5.41) is 12.6. The monoisotopic (exact) mass is 287 g/mol. The standard InChI is InChI=1S/C13H18ClNO4/c1-4-10(13(16)17)19-12-8(7-15-2)5-9(14)6-11(12)18-3/h5-6,10,15H,4,7H2,1-3H3,(H,16,17). The van der Waals surface area contributed by atoms with Gasteiger partial charge in [0.15, 0.2) is 17.6 Å². The van der Waals surface area contributed by atoms with E-state index in [0.29, 0.717) is 29.5 Å². The van der Waals surface area contributed by atoms with Crippen molar-refractivity contribution >= 4 is 17.6 Å². The molecule has 5 nitrogen and oxygen atoms in total. The van der Waals surface area contributed by atoms with E-state index in [1.165, 1.54) is 7.11 Å². The third-order valence-electron chi connectivity index (χ3n) is 2.59. The molecule has 106 valence electrons. The molecule has 0 amide bonds. The first-order chi connectivity index (χ1) is 9.03. The quantitative estimate of drug-likeness (QED) is 0.805. The van der Waals surface area contributed by atoms with Gasteiger partial charge in [-0.05, 0) is 19.5 Å². The number of halogens is 1. The van der Waals surface area contributed by atoms with E-state index >= 15 is 0 Å². The second-order valence-electron chi connectivity index (χ2n) is 3.98. The van der Waals surface area contributed by atoms with Crippen molar-refractivity contribution in [3.8, 4) is 11.5 Å². The third kappa shape index (κ3) is 4.01. The molecule has 6 heteroatoms. The van der Waals surface area contributed by atoms with Crippen LogP contribution >= 0.6 is 11.6 Å². The number of hydrogen-bond donors (Lipinski definition) is 2. The molecule has 1 unspecified atom stereocenters. The van der Waals surface area contributed by atoms with Crippen LogP contribution in [0.15, 0.2) is 12.1 Å². The molecule has 1 aromatic rings. The van der Waals surface area contributed by atoms with Crippen molar-refractivity contribution in [2.45, 2.75) is 26.0 Å². The lowest BCUT2D eigenvalue weighted by atomic mass is 10.1. The Kier molecular flexibility index (Phi) is 5.92. The number of benzene rings is 1. The number of carboxylic acid groups (broad SMARTS) is 1. The number of rotatable bonds is 7. The number of carbonyl (C=O) groups is 1. The minimum absolute atomic E-state index is 0.361.